The summed E-state index contributed by atoms with van der Waals surface area (Å²) in [4.78, 5) is 33.2. The van der Waals surface area contributed by atoms with Crippen molar-refractivity contribution in [2.24, 2.45) is 0 Å². The van der Waals surface area contributed by atoms with E-state index in [0.29, 0.717) is 25.9 Å². The van der Waals surface area contributed by atoms with E-state index in [1.807, 2.05) is 37.3 Å². The molecule has 0 aliphatic heterocycles. The largest absolute Gasteiger partial charge is 0.359 e. The van der Waals surface area contributed by atoms with Crippen LogP contribution in [0.25, 0.3) is 0 Å². The Labute approximate surface area is 117 Å². The first-order valence-electron chi connectivity index (χ1n) is 6.46. The van der Waals surface area contributed by atoms with Gasteiger partial charge in [0, 0.05) is 13.1 Å². The molecule has 1 aromatic rings. The molecule has 0 aliphatic rings. The van der Waals surface area contributed by atoms with Gasteiger partial charge in [-0.2, -0.15) is 0 Å². The lowest BCUT2D eigenvalue weighted by Crippen LogP contribution is -2.41. The maximum Gasteiger partial charge on any atom is 0.309 e. The van der Waals surface area contributed by atoms with Crippen molar-refractivity contribution in [2.75, 3.05) is 13.1 Å². The fourth-order valence-corrected chi connectivity index (χ4v) is 1.62. The first-order valence-corrected chi connectivity index (χ1v) is 6.46. The van der Waals surface area contributed by atoms with E-state index in [2.05, 4.69) is 16.0 Å². The Hall–Kier alpha value is -2.37. The predicted octanol–water partition coefficient (Wildman–Crippen LogP) is 0.116. The van der Waals surface area contributed by atoms with Crippen LogP contribution in [0.3, 0.4) is 0 Å². The number of rotatable bonds is 7. The molecule has 0 radical (unpaired) electrons. The van der Waals surface area contributed by atoms with Crippen LogP contribution in [-0.4, -0.2) is 31.3 Å². The minimum Gasteiger partial charge on any atom is -0.359 e. The van der Waals surface area contributed by atoms with Gasteiger partial charge in [0.2, 0.25) is 6.41 Å². The summed E-state index contributed by atoms with van der Waals surface area (Å²) in [5.74, 6) is -1.33. The van der Waals surface area contributed by atoms with E-state index in [-0.39, 0.29) is 6.04 Å². The number of benzene rings is 1. The van der Waals surface area contributed by atoms with Gasteiger partial charge in [-0.15, -0.1) is 0 Å². The fourth-order valence-electron chi connectivity index (χ4n) is 1.62. The van der Waals surface area contributed by atoms with Gasteiger partial charge in [-0.3, -0.25) is 14.4 Å². The van der Waals surface area contributed by atoms with Crippen LogP contribution < -0.4 is 16.0 Å². The van der Waals surface area contributed by atoms with Gasteiger partial charge in [-0.05, 0) is 18.9 Å². The van der Waals surface area contributed by atoms with Crippen LogP contribution in [0.15, 0.2) is 30.3 Å². The first-order chi connectivity index (χ1) is 9.65. The van der Waals surface area contributed by atoms with Crippen LogP contribution in [0.5, 0.6) is 0 Å². The number of hydrogen-bond acceptors (Lipinski definition) is 3. The highest BCUT2D eigenvalue weighted by Crippen LogP contribution is 2.10. The van der Waals surface area contributed by atoms with E-state index in [9.17, 15) is 14.4 Å². The Morgan fingerprint density at radius 2 is 1.85 bits per heavy atom. The van der Waals surface area contributed by atoms with E-state index in [0.717, 1.165) is 5.56 Å². The summed E-state index contributed by atoms with van der Waals surface area (Å²) in [6.07, 6.45) is 1.17. The van der Waals surface area contributed by atoms with Crippen LogP contribution in [0.2, 0.25) is 0 Å². The molecule has 20 heavy (non-hydrogen) atoms. The Morgan fingerprint density at radius 3 is 2.50 bits per heavy atom. The lowest BCUT2D eigenvalue weighted by molar-refractivity contribution is -0.139. The fraction of sp³-hybridized carbons (Fsp3) is 0.357. The zero-order chi connectivity index (χ0) is 14.8. The highest BCUT2D eigenvalue weighted by atomic mass is 16.2. The van der Waals surface area contributed by atoms with Gasteiger partial charge in [0.05, 0.1) is 6.04 Å². The smallest absolute Gasteiger partial charge is 0.309 e. The molecule has 0 saturated carbocycles. The molecular weight excluding hydrogens is 258 g/mol. The van der Waals surface area contributed by atoms with E-state index < -0.39 is 11.8 Å². The average molecular weight is 277 g/mol. The van der Waals surface area contributed by atoms with Crippen molar-refractivity contribution in [2.45, 2.75) is 19.4 Å². The maximum absolute atomic E-state index is 11.7. The van der Waals surface area contributed by atoms with Gasteiger partial charge < -0.3 is 16.0 Å². The summed E-state index contributed by atoms with van der Waals surface area (Å²) in [7, 11) is 0. The Balaban J connectivity index is 2.31. The second kappa shape index (κ2) is 8.68. The second-order valence-corrected chi connectivity index (χ2v) is 4.29. The minimum absolute atomic E-state index is 0.230. The van der Waals surface area contributed by atoms with Crippen molar-refractivity contribution in [1.82, 2.24) is 16.0 Å². The van der Waals surface area contributed by atoms with E-state index in [4.69, 9.17) is 0 Å². The third-order valence-corrected chi connectivity index (χ3v) is 2.72. The predicted molar refractivity (Wildman–Crippen MR) is 74.7 cm³/mol. The lowest BCUT2D eigenvalue weighted by Gasteiger charge is -2.13. The van der Waals surface area contributed by atoms with Crippen LogP contribution in [0, 0.1) is 0 Å². The lowest BCUT2D eigenvalue weighted by atomic mass is 10.1. The molecule has 0 bridgehead atoms. The standard InChI is InChI=1S/C14H19N3O3/c1-11(12-6-3-2-4-7-12)17-14(20)13(19)16-9-5-8-15-10-18/h2-4,6-7,10-11H,5,8-9H2,1H3,(H,15,18)(H,16,19)(H,17,20). The summed E-state index contributed by atoms with van der Waals surface area (Å²) >= 11 is 0. The third kappa shape index (κ3) is 5.51. The van der Waals surface area contributed by atoms with Crippen LogP contribution in [-0.2, 0) is 14.4 Å². The highest BCUT2D eigenvalue weighted by Gasteiger charge is 2.16. The minimum atomic E-state index is -0.668. The molecule has 0 aromatic heterocycles. The molecule has 3 N–H and O–H groups in total. The molecule has 1 atom stereocenters. The monoisotopic (exact) mass is 277 g/mol. The molecule has 3 amide bonds. The van der Waals surface area contributed by atoms with Gasteiger partial charge in [0.25, 0.3) is 0 Å². The summed E-state index contributed by atoms with van der Waals surface area (Å²) in [5, 5.41) is 7.59. The van der Waals surface area contributed by atoms with E-state index in [1.165, 1.54) is 0 Å². The van der Waals surface area contributed by atoms with Crippen molar-refractivity contribution in [3.8, 4) is 0 Å². The molecule has 0 spiro atoms. The second-order valence-electron chi connectivity index (χ2n) is 4.29. The topological polar surface area (TPSA) is 87.3 Å². The van der Waals surface area contributed by atoms with Crippen LogP contribution in [0.1, 0.15) is 24.9 Å². The maximum atomic E-state index is 11.7. The van der Waals surface area contributed by atoms with E-state index >= 15 is 0 Å². The Morgan fingerprint density at radius 1 is 1.15 bits per heavy atom. The van der Waals surface area contributed by atoms with Crippen molar-refractivity contribution in [3.63, 3.8) is 0 Å². The van der Waals surface area contributed by atoms with Crippen LogP contribution in [0.4, 0.5) is 0 Å². The van der Waals surface area contributed by atoms with E-state index in [1.54, 1.807) is 0 Å². The van der Waals surface area contributed by atoms with Gasteiger partial charge in [0.15, 0.2) is 0 Å². The summed E-state index contributed by atoms with van der Waals surface area (Å²) in [6, 6.07) is 9.17. The third-order valence-electron chi connectivity index (χ3n) is 2.72. The molecule has 0 heterocycles. The molecule has 0 saturated heterocycles. The van der Waals surface area contributed by atoms with Crippen molar-refractivity contribution in [3.05, 3.63) is 35.9 Å². The normalized spacial score (nSPS) is 11.2. The highest BCUT2D eigenvalue weighted by molar-refractivity contribution is 6.35. The molecule has 0 aliphatic carbocycles. The average Bonchev–Trinajstić information content (AvgIpc) is 2.47. The number of hydrogen-bond donors (Lipinski definition) is 3. The zero-order valence-electron chi connectivity index (χ0n) is 11.4. The summed E-state index contributed by atoms with van der Waals surface area (Å²) in [6.45, 7) is 2.62. The number of carbonyl (C=O) groups is 3. The molecule has 6 heteroatoms. The van der Waals surface area contributed by atoms with Crippen molar-refractivity contribution >= 4 is 18.2 Å². The van der Waals surface area contributed by atoms with Gasteiger partial charge in [-0.25, -0.2) is 0 Å². The molecule has 1 rings (SSSR count). The van der Waals surface area contributed by atoms with Gasteiger partial charge in [-0.1, -0.05) is 30.3 Å². The number of nitrogens with one attached hydrogen (secondary N) is 3. The molecule has 1 unspecified atom stereocenters. The van der Waals surface area contributed by atoms with Crippen molar-refractivity contribution in [1.29, 1.82) is 0 Å². The summed E-state index contributed by atoms with van der Waals surface area (Å²) < 4.78 is 0. The Bertz CT molecular complexity index is 448. The van der Waals surface area contributed by atoms with Crippen molar-refractivity contribution < 1.29 is 14.4 Å². The van der Waals surface area contributed by atoms with Crippen LogP contribution >= 0.6 is 0 Å². The molecular formula is C14H19N3O3. The Kier molecular flexibility index (Phi) is 6.81. The number of carbonyl (C=O) groups excluding carboxylic acids is 3. The van der Waals surface area contributed by atoms with Gasteiger partial charge >= 0.3 is 11.8 Å². The van der Waals surface area contributed by atoms with Gasteiger partial charge in [0.1, 0.15) is 0 Å². The molecule has 1 aromatic carbocycles. The SMILES string of the molecule is CC(NC(=O)C(=O)NCCCNC=O)c1ccccc1. The molecule has 108 valence electrons. The molecule has 6 nitrogen and oxygen atoms in total. The molecule has 0 fully saturated rings. The quantitative estimate of drug-likeness (QED) is 0.376. The zero-order valence-corrected chi connectivity index (χ0v) is 11.4. The number of amides is 3. The first kappa shape index (κ1) is 15.7. The summed E-state index contributed by atoms with van der Waals surface area (Å²) in [5.41, 5.74) is 0.934.